The molecule has 3 heterocycles. The number of carbonyl (C=O) groups excluding carboxylic acids is 1. The Morgan fingerprint density at radius 1 is 1.16 bits per heavy atom. The first-order chi connectivity index (χ1) is 18.2. The molecular weight excluding hydrogens is 560 g/mol. The van der Waals surface area contributed by atoms with Crippen LogP contribution >= 0.6 is 23.2 Å². The molecule has 4 aromatic rings. The van der Waals surface area contributed by atoms with Crippen LogP contribution in [0, 0.1) is 5.82 Å². The van der Waals surface area contributed by atoms with Gasteiger partial charge < -0.3 is 15.4 Å². The van der Waals surface area contributed by atoms with Gasteiger partial charge in [0.1, 0.15) is 35.1 Å². The molecule has 5 rings (SSSR count). The molecule has 15 heteroatoms. The average molecular weight is 580 g/mol. The van der Waals surface area contributed by atoms with Gasteiger partial charge in [-0.25, -0.2) is 27.5 Å². The lowest BCUT2D eigenvalue weighted by Crippen LogP contribution is -2.42. The fourth-order valence-corrected chi connectivity index (χ4v) is 5.85. The Morgan fingerprint density at radius 2 is 1.92 bits per heavy atom. The summed E-state index contributed by atoms with van der Waals surface area (Å²) in [4.78, 5) is 22.4. The van der Waals surface area contributed by atoms with Crippen LogP contribution in [0.15, 0.2) is 47.6 Å². The Bertz CT molecular complexity index is 1660. The van der Waals surface area contributed by atoms with Crippen LogP contribution in [-0.4, -0.2) is 65.3 Å². The molecule has 0 saturated carbocycles. The van der Waals surface area contributed by atoms with Crippen molar-refractivity contribution in [1.82, 2.24) is 24.6 Å². The van der Waals surface area contributed by atoms with Crippen molar-refractivity contribution >= 4 is 61.7 Å². The standard InChI is InChI=1S/C23H20Cl2FN7O4S/c24-14-2-1-3-17(20(14)25)38(35,36)31-16-5-4-13(10-15(16)26)21-19-22(27)28-12-29-23(19)33(30-21)11-18(34)32-6-8-37-9-7-32/h1-5,10,12,31H,6-9,11H2,(H2,27,28,29). The maximum absolute atomic E-state index is 15.2. The second-order valence-corrected chi connectivity index (χ2v) is 10.7. The zero-order valence-electron chi connectivity index (χ0n) is 19.6. The van der Waals surface area contributed by atoms with Crippen LogP contribution in [0.3, 0.4) is 0 Å². The number of aromatic nitrogens is 4. The predicted octanol–water partition coefficient (Wildman–Crippen LogP) is 3.18. The molecule has 1 saturated heterocycles. The van der Waals surface area contributed by atoms with Crippen molar-refractivity contribution in [3.63, 3.8) is 0 Å². The van der Waals surface area contributed by atoms with Gasteiger partial charge in [-0.3, -0.25) is 9.52 Å². The summed E-state index contributed by atoms with van der Waals surface area (Å²) in [7, 11) is -4.25. The van der Waals surface area contributed by atoms with Gasteiger partial charge in [0.2, 0.25) is 5.91 Å². The van der Waals surface area contributed by atoms with Crippen LogP contribution in [0.25, 0.3) is 22.3 Å². The molecule has 198 valence electrons. The Balaban J connectivity index is 1.48. The number of nitrogens with zero attached hydrogens (tertiary/aromatic N) is 5. The fraction of sp³-hybridized carbons (Fsp3) is 0.217. The molecule has 1 aliphatic rings. The highest BCUT2D eigenvalue weighted by Crippen LogP contribution is 2.34. The van der Waals surface area contributed by atoms with Gasteiger partial charge in [0, 0.05) is 18.7 Å². The summed E-state index contributed by atoms with van der Waals surface area (Å²) in [6, 6.07) is 7.90. The lowest BCUT2D eigenvalue weighted by atomic mass is 10.1. The maximum Gasteiger partial charge on any atom is 0.263 e. The largest absolute Gasteiger partial charge is 0.383 e. The monoisotopic (exact) mass is 579 g/mol. The first-order valence-electron chi connectivity index (χ1n) is 11.2. The van der Waals surface area contributed by atoms with Gasteiger partial charge in [-0.2, -0.15) is 5.10 Å². The number of ether oxygens (including phenoxy) is 1. The molecular formula is C23H20Cl2FN7O4S. The summed E-state index contributed by atoms with van der Waals surface area (Å²) in [5.41, 5.74) is 6.59. The molecule has 1 fully saturated rings. The second kappa shape index (κ2) is 10.3. The summed E-state index contributed by atoms with van der Waals surface area (Å²) in [5.74, 6) is -0.973. The van der Waals surface area contributed by atoms with Crippen LogP contribution in [0.1, 0.15) is 0 Å². The van der Waals surface area contributed by atoms with E-state index in [1.165, 1.54) is 41.3 Å². The minimum Gasteiger partial charge on any atom is -0.383 e. The number of benzene rings is 2. The number of anilines is 2. The van der Waals surface area contributed by atoms with Crippen molar-refractivity contribution in [1.29, 1.82) is 0 Å². The van der Waals surface area contributed by atoms with E-state index in [-0.39, 0.29) is 50.2 Å². The van der Waals surface area contributed by atoms with E-state index in [2.05, 4.69) is 19.8 Å². The van der Waals surface area contributed by atoms with Crippen molar-refractivity contribution in [3.05, 3.63) is 58.6 Å². The third-order valence-corrected chi connectivity index (χ3v) is 8.24. The van der Waals surface area contributed by atoms with Gasteiger partial charge >= 0.3 is 0 Å². The number of nitrogens with one attached hydrogen (secondary N) is 1. The molecule has 38 heavy (non-hydrogen) atoms. The van der Waals surface area contributed by atoms with E-state index in [1.54, 1.807) is 4.90 Å². The molecule has 1 aliphatic heterocycles. The summed E-state index contributed by atoms with van der Waals surface area (Å²) in [5, 5.41) is 4.68. The summed E-state index contributed by atoms with van der Waals surface area (Å²) >= 11 is 12.0. The molecule has 3 N–H and O–H groups in total. The first-order valence-corrected chi connectivity index (χ1v) is 13.5. The minimum absolute atomic E-state index is 0.0414. The number of sulfonamides is 1. The molecule has 0 radical (unpaired) electrons. The van der Waals surface area contributed by atoms with Crippen molar-refractivity contribution in [2.24, 2.45) is 0 Å². The van der Waals surface area contributed by atoms with Crippen LogP contribution in [0.5, 0.6) is 0 Å². The van der Waals surface area contributed by atoms with Crippen LogP contribution in [-0.2, 0) is 26.1 Å². The Hall–Kier alpha value is -3.52. The quantitative estimate of drug-likeness (QED) is 0.354. The molecule has 0 unspecified atom stereocenters. The summed E-state index contributed by atoms with van der Waals surface area (Å²) in [6.07, 6.45) is 1.25. The van der Waals surface area contributed by atoms with E-state index >= 15 is 4.39 Å². The number of hydrogen-bond acceptors (Lipinski definition) is 8. The van der Waals surface area contributed by atoms with Crippen LogP contribution < -0.4 is 10.5 Å². The first kappa shape index (κ1) is 26.1. The Labute approximate surface area is 226 Å². The number of amides is 1. The van der Waals surface area contributed by atoms with Gasteiger partial charge in [0.15, 0.2) is 5.65 Å². The lowest BCUT2D eigenvalue weighted by molar-refractivity contribution is -0.136. The number of halogens is 3. The lowest BCUT2D eigenvalue weighted by Gasteiger charge is -2.26. The molecule has 11 nitrogen and oxygen atoms in total. The van der Waals surface area contributed by atoms with Crippen molar-refractivity contribution in [2.75, 3.05) is 36.8 Å². The minimum atomic E-state index is -4.25. The number of morpholine rings is 1. The fourth-order valence-electron chi connectivity index (χ4n) is 4.02. The van der Waals surface area contributed by atoms with E-state index in [9.17, 15) is 13.2 Å². The Morgan fingerprint density at radius 3 is 2.66 bits per heavy atom. The normalized spacial score (nSPS) is 14.1. The van der Waals surface area contributed by atoms with Gasteiger partial charge in [0.25, 0.3) is 10.0 Å². The van der Waals surface area contributed by atoms with Gasteiger partial charge in [-0.05, 0) is 24.3 Å². The summed E-state index contributed by atoms with van der Waals surface area (Å²) in [6.45, 7) is 1.71. The highest BCUT2D eigenvalue weighted by Gasteiger charge is 2.24. The van der Waals surface area contributed by atoms with E-state index in [0.717, 1.165) is 6.07 Å². The zero-order valence-corrected chi connectivity index (χ0v) is 21.9. The zero-order chi connectivity index (χ0) is 27.0. The molecule has 1 amide bonds. The molecule has 2 aromatic heterocycles. The van der Waals surface area contributed by atoms with Gasteiger partial charge in [0.05, 0.1) is 34.3 Å². The topological polar surface area (TPSA) is 145 Å². The van der Waals surface area contributed by atoms with Gasteiger partial charge in [-0.1, -0.05) is 35.3 Å². The van der Waals surface area contributed by atoms with E-state index < -0.39 is 15.8 Å². The summed E-state index contributed by atoms with van der Waals surface area (Å²) < 4.78 is 49.7. The van der Waals surface area contributed by atoms with E-state index in [1.807, 2.05) is 0 Å². The highest BCUT2D eigenvalue weighted by molar-refractivity contribution is 7.92. The number of fused-ring (bicyclic) bond motifs is 1. The number of nitrogens with two attached hydrogens (primary N) is 1. The molecule has 2 aromatic carbocycles. The number of hydrogen-bond donors (Lipinski definition) is 2. The predicted molar refractivity (Wildman–Crippen MR) is 140 cm³/mol. The second-order valence-electron chi connectivity index (χ2n) is 8.31. The average Bonchev–Trinajstić information content (AvgIpc) is 3.26. The highest BCUT2D eigenvalue weighted by atomic mass is 35.5. The molecule has 0 atom stereocenters. The van der Waals surface area contributed by atoms with E-state index in [0.29, 0.717) is 37.3 Å². The van der Waals surface area contributed by atoms with Crippen LogP contribution in [0.4, 0.5) is 15.9 Å². The Kier molecular flexibility index (Phi) is 7.09. The third kappa shape index (κ3) is 4.97. The smallest absolute Gasteiger partial charge is 0.263 e. The van der Waals surface area contributed by atoms with Crippen molar-refractivity contribution < 1.29 is 22.3 Å². The molecule has 0 bridgehead atoms. The SMILES string of the molecule is Nc1ncnc2c1c(-c1ccc(NS(=O)(=O)c3cccc(Cl)c3Cl)c(F)c1)nn2CC(=O)N1CCOCC1. The maximum atomic E-state index is 15.2. The van der Waals surface area contributed by atoms with Gasteiger partial charge in [-0.15, -0.1) is 0 Å². The number of nitrogen functional groups attached to an aromatic ring is 1. The number of rotatable bonds is 6. The third-order valence-electron chi connectivity index (χ3n) is 5.90. The van der Waals surface area contributed by atoms with Crippen molar-refractivity contribution in [3.8, 4) is 11.3 Å². The number of carbonyl (C=O) groups is 1. The van der Waals surface area contributed by atoms with Crippen LogP contribution in [0.2, 0.25) is 10.0 Å². The van der Waals surface area contributed by atoms with Crippen molar-refractivity contribution in [2.45, 2.75) is 11.4 Å². The van der Waals surface area contributed by atoms with E-state index in [4.69, 9.17) is 33.7 Å². The molecule has 0 aliphatic carbocycles. The molecule has 0 spiro atoms.